The first-order valence-electron chi connectivity index (χ1n) is 4.64. The Labute approximate surface area is 95.5 Å². The van der Waals surface area contributed by atoms with Crippen LogP contribution >= 0.6 is 0 Å². The van der Waals surface area contributed by atoms with Crippen LogP contribution in [-0.4, -0.2) is 28.7 Å². The molecule has 6 heteroatoms. The minimum Gasteiger partial charge on any atom is -0.399 e. The van der Waals surface area contributed by atoms with Gasteiger partial charge in [0, 0.05) is 35.0 Å². The number of carbonyl (C=O) groups excluding carboxylic acids is 1. The molecule has 16 heavy (non-hydrogen) atoms. The summed E-state index contributed by atoms with van der Waals surface area (Å²) in [5, 5.41) is 2.48. The van der Waals surface area contributed by atoms with Gasteiger partial charge in [-0.3, -0.25) is 9.00 Å². The normalized spacial score (nSPS) is 12.1. The monoisotopic (exact) mass is 244 g/mol. The maximum absolute atomic E-state index is 13.3. The van der Waals surface area contributed by atoms with Crippen LogP contribution in [0.25, 0.3) is 0 Å². The van der Waals surface area contributed by atoms with Gasteiger partial charge in [-0.2, -0.15) is 0 Å². The van der Waals surface area contributed by atoms with Crippen molar-refractivity contribution in [2.24, 2.45) is 0 Å². The van der Waals surface area contributed by atoms with Gasteiger partial charge in [0.1, 0.15) is 5.82 Å². The van der Waals surface area contributed by atoms with Gasteiger partial charge in [-0.1, -0.05) is 0 Å². The molecule has 0 aliphatic heterocycles. The summed E-state index contributed by atoms with van der Waals surface area (Å²) in [7, 11) is -0.976. The number of anilines is 1. The molecule has 0 heterocycles. The summed E-state index contributed by atoms with van der Waals surface area (Å²) in [5.41, 5.74) is 5.56. The molecule has 1 rings (SSSR count). The van der Waals surface area contributed by atoms with Crippen LogP contribution in [0.4, 0.5) is 10.1 Å². The molecule has 1 unspecified atom stereocenters. The molecule has 0 radical (unpaired) electrons. The standard InChI is InChI=1S/C10H13FN2O2S/c1-16(15)5-4-13-10(14)8-3-2-7(12)6-9(8)11/h2-3,6H,4-5,12H2,1H3,(H,13,14). The first-order valence-corrected chi connectivity index (χ1v) is 6.36. The molecule has 1 aromatic carbocycles. The zero-order valence-electron chi connectivity index (χ0n) is 8.83. The van der Waals surface area contributed by atoms with Gasteiger partial charge < -0.3 is 11.1 Å². The van der Waals surface area contributed by atoms with E-state index in [1.165, 1.54) is 18.4 Å². The van der Waals surface area contributed by atoms with Crippen LogP contribution in [0.15, 0.2) is 18.2 Å². The van der Waals surface area contributed by atoms with Crippen LogP contribution in [0.3, 0.4) is 0 Å². The number of halogens is 1. The van der Waals surface area contributed by atoms with E-state index < -0.39 is 22.5 Å². The molecule has 88 valence electrons. The molecule has 0 bridgehead atoms. The summed E-state index contributed by atoms with van der Waals surface area (Å²) in [4.78, 5) is 11.5. The van der Waals surface area contributed by atoms with E-state index in [1.807, 2.05) is 0 Å². The fourth-order valence-corrected chi connectivity index (χ4v) is 1.51. The number of amides is 1. The molecule has 0 spiro atoms. The van der Waals surface area contributed by atoms with Crippen LogP contribution < -0.4 is 11.1 Å². The third-order valence-electron chi connectivity index (χ3n) is 1.91. The van der Waals surface area contributed by atoms with E-state index in [9.17, 15) is 13.4 Å². The number of hydrogen-bond donors (Lipinski definition) is 2. The fourth-order valence-electron chi connectivity index (χ4n) is 1.12. The maximum atomic E-state index is 13.3. The second kappa shape index (κ2) is 5.60. The molecular formula is C10H13FN2O2S. The Hall–Kier alpha value is -1.43. The molecule has 0 aromatic heterocycles. The lowest BCUT2D eigenvalue weighted by molar-refractivity contribution is 0.0952. The number of nitrogens with two attached hydrogens (primary N) is 1. The Balaban J connectivity index is 2.63. The molecule has 0 aliphatic rings. The molecule has 1 amide bonds. The van der Waals surface area contributed by atoms with Crippen molar-refractivity contribution in [3.8, 4) is 0 Å². The summed E-state index contributed by atoms with van der Waals surface area (Å²) in [5.74, 6) is -0.833. The number of hydrogen-bond acceptors (Lipinski definition) is 3. The lowest BCUT2D eigenvalue weighted by Gasteiger charge is -2.05. The second-order valence-electron chi connectivity index (χ2n) is 3.27. The molecule has 1 atom stereocenters. The Morgan fingerprint density at radius 1 is 1.56 bits per heavy atom. The van der Waals surface area contributed by atoms with E-state index in [0.717, 1.165) is 6.07 Å². The van der Waals surface area contributed by atoms with Crippen molar-refractivity contribution >= 4 is 22.4 Å². The van der Waals surface area contributed by atoms with Crippen molar-refractivity contribution in [2.75, 3.05) is 24.3 Å². The van der Waals surface area contributed by atoms with Gasteiger partial charge >= 0.3 is 0 Å². The third-order valence-corrected chi connectivity index (χ3v) is 2.69. The number of carbonyl (C=O) groups is 1. The molecule has 0 fully saturated rings. The van der Waals surface area contributed by atoms with Crippen molar-refractivity contribution in [1.29, 1.82) is 0 Å². The number of nitrogens with one attached hydrogen (secondary N) is 1. The Morgan fingerprint density at radius 3 is 2.81 bits per heavy atom. The third kappa shape index (κ3) is 3.62. The predicted octanol–water partition coefficient (Wildman–Crippen LogP) is 0.516. The summed E-state index contributed by atoms with van der Waals surface area (Å²) in [6.07, 6.45) is 1.54. The summed E-state index contributed by atoms with van der Waals surface area (Å²) >= 11 is 0. The van der Waals surface area contributed by atoms with Crippen molar-refractivity contribution in [1.82, 2.24) is 5.32 Å². The lowest BCUT2D eigenvalue weighted by Crippen LogP contribution is -2.28. The van der Waals surface area contributed by atoms with Crippen LogP contribution in [0.2, 0.25) is 0 Å². The number of rotatable bonds is 4. The molecular weight excluding hydrogens is 231 g/mol. The predicted molar refractivity (Wildman–Crippen MR) is 62.1 cm³/mol. The average molecular weight is 244 g/mol. The van der Waals surface area contributed by atoms with Crippen LogP contribution in [0.1, 0.15) is 10.4 Å². The van der Waals surface area contributed by atoms with Gasteiger partial charge in [-0.25, -0.2) is 4.39 Å². The van der Waals surface area contributed by atoms with Crippen LogP contribution in [0.5, 0.6) is 0 Å². The van der Waals surface area contributed by atoms with E-state index in [4.69, 9.17) is 5.73 Å². The van der Waals surface area contributed by atoms with Crippen molar-refractivity contribution in [3.63, 3.8) is 0 Å². The summed E-state index contributed by atoms with van der Waals surface area (Å²) in [6.45, 7) is 0.256. The van der Waals surface area contributed by atoms with Gasteiger partial charge in [-0.05, 0) is 18.2 Å². The highest BCUT2D eigenvalue weighted by molar-refractivity contribution is 7.84. The zero-order valence-corrected chi connectivity index (χ0v) is 9.64. The van der Waals surface area contributed by atoms with E-state index >= 15 is 0 Å². The minimum absolute atomic E-state index is 0.0592. The molecule has 0 aliphatic carbocycles. The Morgan fingerprint density at radius 2 is 2.25 bits per heavy atom. The van der Waals surface area contributed by atoms with Crippen molar-refractivity contribution < 1.29 is 13.4 Å². The highest BCUT2D eigenvalue weighted by Crippen LogP contribution is 2.11. The van der Waals surface area contributed by atoms with E-state index in [0.29, 0.717) is 5.75 Å². The molecule has 1 aromatic rings. The molecule has 4 nitrogen and oxygen atoms in total. The number of benzene rings is 1. The van der Waals surface area contributed by atoms with Gasteiger partial charge in [0.2, 0.25) is 0 Å². The average Bonchev–Trinajstić information content (AvgIpc) is 2.16. The highest BCUT2D eigenvalue weighted by atomic mass is 32.2. The zero-order chi connectivity index (χ0) is 12.1. The van der Waals surface area contributed by atoms with E-state index in [1.54, 1.807) is 0 Å². The largest absolute Gasteiger partial charge is 0.399 e. The van der Waals surface area contributed by atoms with Gasteiger partial charge in [0.05, 0.1) is 5.56 Å². The lowest BCUT2D eigenvalue weighted by atomic mass is 10.2. The summed E-state index contributed by atoms with van der Waals surface area (Å²) < 4.78 is 24.0. The quantitative estimate of drug-likeness (QED) is 0.758. The van der Waals surface area contributed by atoms with Gasteiger partial charge in [0.15, 0.2) is 0 Å². The Bertz CT molecular complexity index is 423. The smallest absolute Gasteiger partial charge is 0.254 e. The topological polar surface area (TPSA) is 72.2 Å². The van der Waals surface area contributed by atoms with E-state index in [2.05, 4.69) is 5.32 Å². The first-order chi connectivity index (χ1) is 7.50. The molecule has 0 saturated heterocycles. The van der Waals surface area contributed by atoms with Crippen molar-refractivity contribution in [3.05, 3.63) is 29.6 Å². The minimum atomic E-state index is -0.976. The second-order valence-corrected chi connectivity index (χ2v) is 4.83. The van der Waals surface area contributed by atoms with Gasteiger partial charge in [0.25, 0.3) is 5.91 Å². The van der Waals surface area contributed by atoms with Crippen LogP contribution in [-0.2, 0) is 10.8 Å². The summed E-state index contributed by atoms with van der Waals surface area (Å²) in [6, 6.07) is 3.87. The maximum Gasteiger partial charge on any atom is 0.254 e. The molecule has 3 N–H and O–H groups in total. The number of nitrogen functional groups attached to an aromatic ring is 1. The fraction of sp³-hybridized carbons (Fsp3) is 0.300. The molecule has 0 saturated carbocycles. The first kappa shape index (κ1) is 12.6. The van der Waals surface area contributed by atoms with Gasteiger partial charge in [-0.15, -0.1) is 0 Å². The van der Waals surface area contributed by atoms with E-state index in [-0.39, 0.29) is 17.8 Å². The SMILES string of the molecule is CS(=O)CCNC(=O)c1ccc(N)cc1F. The van der Waals surface area contributed by atoms with Crippen LogP contribution in [0, 0.1) is 5.82 Å². The Kier molecular flexibility index (Phi) is 4.42. The van der Waals surface area contributed by atoms with Crippen molar-refractivity contribution in [2.45, 2.75) is 0 Å². The highest BCUT2D eigenvalue weighted by Gasteiger charge is 2.10.